The largest absolute Gasteiger partial charge is 0.489 e. The van der Waals surface area contributed by atoms with Crippen molar-refractivity contribution >= 4 is 17.8 Å². The van der Waals surface area contributed by atoms with Gasteiger partial charge in [-0.05, 0) is 18.6 Å². The number of rotatable bonds is 5. The molecule has 1 atom stereocenters. The predicted octanol–water partition coefficient (Wildman–Crippen LogP) is 4.04. The van der Waals surface area contributed by atoms with E-state index >= 15 is 0 Å². The molecule has 1 aliphatic heterocycles. The van der Waals surface area contributed by atoms with Crippen LogP contribution >= 0.6 is 11.8 Å². The molecule has 0 spiro atoms. The second-order valence-corrected chi connectivity index (χ2v) is 6.75. The number of thioether (sulfide) groups is 1. The number of hydrogen-bond acceptors (Lipinski definition) is 3. The van der Waals surface area contributed by atoms with Gasteiger partial charge in [-0.25, -0.2) is 4.79 Å². The molecule has 2 amide bonds. The monoisotopic (exact) mass is 342 g/mol. The molecule has 2 aromatic carbocycles. The van der Waals surface area contributed by atoms with E-state index in [4.69, 9.17) is 4.74 Å². The fraction of sp³-hybridized carbons (Fsp3) is 0.316. The summed E-state index contributed by atoms with van der Waals surface area (Å²) in [5.41, 5.74) is 2.19. The molecule has 1 heterocycles. The third-order valence-corrected chi connectivity index (χ3v) is 5.14. The highest BCUT2D eigenvalue weighted by molar-refractivity contribution is 7.99. The Hall–Kier alpha value is -2.14. The minimum atomic E-state index is -0.00892. The summed E-state index contributed by atoms with van der Waals surface area (Å²) in [5, 5.41) is 2.90. The summed E-state index contributed by atoms with van der Waals surface area (Å²) in [4.78, 5) is 14.2. The maximum atomic E-state index is 12.3. The van der Waals surface area contributed by atoms with Crippen LogP contribution in [0.4, 0.5) is 4.79 Å². The molecule has 24 heavy (non-hydrogen) atoms. The minimum Gasteiger partial charge on any atom is -0.489 e. The van der Waals surface area contributed by atoms with Crippen molar-refractivity contribution in [3.8, 4) is 5.75 Å². The number of urea groups is 1. The summed E-state index contributed by atoms with van der Waals surface area (Å²) >= 11 is 1.78. The van der Waals surface area contributed by atoms with E-state index in [9.17, 15) is 4.79 Å². The summed E-state index contributed by atoms with van der Waals surface area (Å²) in [7, 11) is 0. The molecule has 0 bridgehead atoms. The number of para-hydroxylation sites is 1. The van der Waals surface area contributed by atoms with Crippen LogP contribution in [0.5, 0.6) is 5.75 Å². The molecule has 3 rings (SSSR count). The molecule has 1 saturated heterocycles. The molecular weight excluding hydrogens is 320 g/mol. The average molecular weight is 342 g/mol. The predicted molar refractivity (Wildman–Crippen MR) is 98.2 cm³/mol. The second kappa shape index (κ2) is 8.11. The zero-order chi connectivity index (χ0) is 16.8. The van der Waals surface area contributed by atoms with E-state index in [1.807, 2.05) is 60.4 Å². The van der Waals surface area contributed by atoms with Gasteiger partial charge in [-0.1, -0.05) is 48.5 Å². The molecule has 0 aliphatic carbocycles. The molecule has 1 aliphatic rings. The Bertz CT molecular complexity index is 678. The van der Waals surface area contributed by atoms with Gasteiger partial charge in [0.25, 0.3) is 0 Å². The van der Waals surface area contributed by atoms with Crippen LogP contribution in [0, 0.1) is 0 Å². The van der Waals surface area contributed by atoms with E-state index < -0.39 is 0 Å². The number of carbonyl (C=O) groups excluding carboxylic acids is 1. The topological polar surface area (TPSA) is 41.6 Å². The summed E-state index contributed by atoms with van der Waals surface area (Å²) in [6, 6.07) is 18.1. The van der Waals surface area contributed by atoms with Gasteiger partial charge in [0.2, 0.25) is 0 Å². The number of benzene rings is 2. The number of ether oxygens (including phenoxy) is 1. The van der Waals surface area contributed by atoms with Gasteiger partial charge in [0, 0.05) is 24.4 Å². The summed E-state index contributed by atoms with van der Waals surface area (Å²) < 4.78 is 6.05. The highest BCUT2D eigenvalue weighted by Crippen LogP contribution is 2.41. The van der Waals surface area contributed by atoms with Gasteiger partial charge < -0.3 is 15.0 Å². The van der Waals surface area contributed by atoms with E-state index in [0.717, 1.165) is 29.2 Å². The summed E-state index contributed by atoms with van der Waals surface area (Å²) in [5.74, 6) is 1.78. The van der Waals surface area contributed by atoms with Crippen LogP contribution in [0.15, 0.2) is 54.6 Å². The van der Waals surface area contributed by atoms with Crippen molar-refractivity contribution in [3.05, 3.63) is 65.7 Å². The Balaban J connectivity index is 1.77. The van der Waals surface area contributed by atoms with Crippen molar-refractivity contribution in [1.82, 2.24) is 10.2 Å². The van der Waals surface area contributed by atoms with Gasteiger partial charge in [-0.3, -0.25) is 0 Å². The first-order valence-corrected chi connectivity index (χ1v) is 9.26. The van der Waals surface area contributed by atoms with Gasteiger partial charge in [-0.15, -0.1) is 11.8 Å². The van der Waals surface area contributed by atoms with Crippen LogP contribution in [-0.4, -0.2) is 29.8 Å². The Morgan fingerprint density at radius 1 is 1.21 bits per heavy atom. The molecule has 0 radical (unpaired) electrons. The normalized spacial score (nSPS) is 16.9. The zero-order valence-corrected chi connectivity index (χ0v) is 14.6. The van der Waals surface area contributed by atoms with Crippen molar-refractivity contribution in [3.63, 3.8) is 0 Å². The van der Waals surface area contributed by atoms with Crippen LogP contribution in [0.1, 0.15) is 23.4 Å². The molecule has 1 fully saturated rings. The van der Waals surface area contributed by atoms with E-state index in [2.05, 4.69) is 11.4 Å². The second-order valence-electron chi connectivity index (χ2n) is 5.56. The average Bonchev–Trinajstić information content (AvgIpc) is 3.11. The zero-order valence-electron chi connectivity index (χ0n) is 13.8. The lowest BCUT2D eigenvalue weighted by Gasteiger charge is -2.25. The Kier molecular flexibility index (Phi) is 5.64. The third-order valence-electron chi connectivity index (χ3n) is 3.90. The molecule has 1 N–H and O–H groups in total. The number of amides is 2. The first-order valence-electron chi connectivity index (χ1n) is 8.21. The van der Waals surface area contributed by atoms with Gasteiger partial charge >= 0.3 is 6.03 Å². The van der Waals surface area contributed by atoms with Gasteiger partial charge in [0.15, 0.2) is 0 Å². The number of hydrogen-bond donors (Lipinski definition) is 1. The van der Waals surface area contributed by atoms with Crippen molar-refractivity contribution in [1.29, 1.82) is 0 Å². The maximum absolute atomic E-state index is 12.3. The Morgan fingerprint density at radius 2 is 1.96 bits per heavy atom. The van der Waals surface area contributed by atoms with Gasteiger partial charge in [-0.2, -0.15) is 0 Å². The Morgan fingerprint density at radius 3 is 2.75 bits per heavy atom. The molecule has 126 valence electrons. The maximum Gasteiger partial charge on any atom is 0.318 e. The molecule has 0 aromatic heterocycles. The van der Waals surface area contributed by atoms with Crippen LogP contribution in [0.3, 0.4) is 0 Å². The standard InChI is InChI=1S/C19H22N2O2S/c1-2-20-19(22)21-12-13-24-18(21)16-10-6-7-11-17(16)23-14-15-8-4-3-5-9-15/h3-11,18H,2,12-14H2,1H3,(H,20,22). The lowest BCUT2D eigenvalue weighted by molar-refractivity contribution is 0.199. The lowest BCUT2D eigenvalue weighted by atomic mass is 10.2. The summed E-state index contributed by atoms with van der Waals surface area (Å²) in [6.45, 7) is 3.86. The van der Waals surface area contributed by atoms with Crippen molar-refractivity contribution < 1.29 is 9.53 Å². The number of carbonyl (C=O) groups is 1. The van der Waals surface area contributed by atoms with Gasteiger partial charge in [0.05, 0.1) is 0 Å². The highest BCUT2D eigenvalue weighted by Gasteiger charge is 2.32. The van der Waals surface area contributed by atoms with Crippen molar-refractivity contribution in [2.45, 2.75) is 18.9 Å². The van der Waals surface area contributed by atoms with Crippen molar-refractivity contribution in [2.24, 2.45) is 0 Å². The smallest absolute Gasteiger partial charge is 0.318 e. The van der Waals surface area contributed by atoms with Crippen LogP contribution in [-0.2, 0) is 6.61 Å². The Labute approximate surface area is 147 Å². The van der Waals surface area contributed by atoms with Crippen molar-refractivity contribution in [2.75, 3.05) is 18.8 Å². The molecular formula is C19H22N2O2S. The van der Waals surface area contributed by atoms with E-state index in [1.165, 1.54) is 0 Å². The molecule has 4 nitrogen and oxygen atoms in total. The number of nitrogens with one attached hydrogen (secondary N) is 1. The molecule has 5 heteroatoms. The van der Waals surface area contributed by atoms with E-state index in [0.29, 0.717) is 13.2 Å². The third kappa shape index (κ3) is 3.85. The fourth-order valence-electron chi connectivity index (χ4n) is 2.74. The van der Waals surface area contributed by atoms with Crippen LogP contribution < -0.4 is 10.1 Å². The first-order chi connectivity index (χ1) is 11.8. The first kappa shape index (κ1) is 16.7. The van der Waals surface area contributed by atoms with Gasteiger partial charge in [0.1, 0.15) is 17.7 Å². The van der Waals surface area contributed by atoms with Crippen LogP contribution in [0.25, 0.3) is 0 Å². The van der Waals surface area contributed by atoms with E-state index in [1.54, 1.807) is 11.8 Å². The quantitative estimate of drug-likeness (QED) is 0.891. The lowest BCUT2D eigenvalue weighted by Crippen LogP contribution is -2.39. The van der Waals surface area contributed by atoms with E-state index in [-0.39, 0.29) is 11.4 Å². The van der Waals surface area contributed by atoms with Crippen LogP contribution in [0.2, 0.25) is 0 Å². The fourth-order valence-corrected chi connectivity index (χ4v) is 4.02. The minimum absolute atomic E-state index is 0.00326. The molecule has 0 saturated carbocycles. The summed E-state index contributed by atoms with van der Waals surface area (Å²) in [6.07, 6.45) is 0. The molecule has 1 unspecified atom stereocenters. The SMILES string of the molecule is CCNC(=O)N1CCSC1c1ccccc1OCc1ccccc1. The molecule has 2 aromatic rings. The highest BCUT2D eigenvalue weighted by atomic mass is 32.2. The number of nitrogens with zero attached hydrogens (tertiary/aromatic N) is 1.